The maximum Gasteiger partial charge on any atom is 0.306 e. The fraction of sp³-hybridized carbons (Fsp3) is 0.562. The second-order valence-corrected chi connectivity index (χ2v) is 6.19. The number of carboxylic acids is 1. The highest BCUT2D eigenvalue weighted by molar-refractivity contribution is 5.70. The molecule has 106 valence electrons. The van der Waals surface area contributed by atoms with Gasteiger partial charge in [-0.3, -0.25) is 4.79 Å². The van der Waals surface area contributed by atoms with Crippen molar-refractivity contribution in [2.45, 2.75) is 40.0 Å². The third kappa shape index (κ3) is 5.77. The molecule has 0 saturated carbocycles. The van der Waals surface area contributed by atoms with Gasteiger partial charge >= 0.3 is 5.97 Å². The maximum absolute atomic E-state index is 11.3. The van der Waals surface area contributed by atoms with Crippen molar-refractivity contribution in [1.29, 1.82) is 0 Å². The molecule has 1 unspecified atom stereocenters. The molecule has 0 saturated heterocycles. The van der Waals surface area contributed by atoms with Crippen molar-refractivity contribution < 1.29 is 14.6 Å². The van der Waals surface area contributed by atoms with E-state index in [9.17, 15) is 9.90 Å². The number of ether oxygens (including phenoxy) is 1. The van der Waals surface area contributed by atoms with E-state index < -0.39 is 5.97 Å². The van der Waals surface area contributed by atoms with E-state index in [1.807, 2.05) is 24.3 Å². The largest absolute Gasteiger partial charge is 0.497 e. The van der Waals surface area contributed by atoms with Gasteiger partial charge < -0.3 is 9.84 Å². The normalized spacial score (nSPS) is 13.1. The van der Waals surface area contributed by atoms with Crippen LogP contribution in [0.1, 0.15) is 39.2 Å². The predicted molar refractivity (Wildman–Crippen MR) is 76.5 cm³/mol. The van der Waals surface area contributed by atoms with Gasteiger partial charge in [0, 0.05) is 0 Å². The number of carbonyl (C=O) groups is 1. The summed E-state index contributed by atoms with van der Waals surface area (Å²) in [7, 11) is 1.62. The zero-order chi connectivity index (χ0) is 14.5. The van der Waals surface area contributed by atoms with E-state index in [1.54, 1.807) is 7.11 Å². The van der Waals surface area contributed by atoms with Crippen LogP contribution < -0.4 is 4.74 Å². The zero-order valence-corrected chi connectivity index (χ0v) is 12.3. The third-order valence-electron chi connectivity index (χ3n) is 3.23. The molecule has 0 spiro atoms. The summed E-state index contributed by atoms with van der Waals surface area (Å²) in [6.45, 7) is 6.41. The quantitative estimate of drug-likeness (QED) is 0.850. The van der Waals surface area contributed by atoms with Crippen LogP contribution in [0.3, 0.4) is 0 Å². The van der Waals surface area contributed by atoms with Crippen molar-refractivity contribution in [2.24, 2.45) is 11.3 Å². The summed E-state index contributed by atoms with van der Waals surface area (Å²) in [6, 6.07) is 7.62. The van der Waals surface area contributed by atoms with Gasteiger partial charge in [0.25, 0.3) is 0 Å². The van der Waals surface area contributed by atoms with Gasteiger partial charge in [-0.2, -0.15) is 0 Å². The maximum atomic E-state index is 11.3. The number of hydrogen-bond donors (Lipinski definition) is 1. The Hall–Kier alpha value is -1.51. The molecule has 0 fully saturated rings. The average molecular weight is 264 g/mol. The lowest BCUT2D eigenvalue weighted by Gasteiger charge is -2.21. The van der Waals surface area contributed by atoms with E-state index in [1.165, 1.54) is 0 Å². The van der Waals surface area contributed by atoms with Crippen molar-refractivity contribution >= 4 is 5.97 Å². The van der Waals surface area contributed by atoms with E-state index >= 15 is 0 Å². The van der Waals surface area contributed by atoms with Gasteiger partial charge in [0.15, 0.2) is 0 Å². The smallest absolute Gasteiger partial charge is 0.306 e. The van der Waals surface area contributed by atoms with E-state index in [-0.39, 0.29) is 11.3 Å². The van der Waals surface area contributed by atoms with Crippen molar-refractivity contribution in [2.75, 3.05) is 7.11 Å². The van der Waals surface area contributed by atoms with Crippen LogP contribution in [-0.4, -0.2) is 18.2 Å². The van der Waals surface area contributed by atoms with E-state index in [0.717, 1.165) is 17.7 Å². The molecular formula is C16H24O3. The number of benzene rings is 1. The summed E-state index contributed by atoms with van der Waals surface area (Å²) < 4.78 is 5.10. The molecule has 1 atom stereocenters. The van der Waals surface area contributed by atoms with Gasteiger partial charge in [-0.15, -0.1) is 0 Å². The minimum absolute atomic E-state index is 0.174. The third-order valence-corrected chi connectivity index (χ3v) is 3.23. The topological polar surface area (TPSA) is 46.5 Å². The molecule has 0 aromatic heterocycles. The summed E-state index contributed by atoms with van der Waals surface area (Å²) >= 11 is 0. The Bertz CT molecular complexity index is 401. The Kier molecular flexibility index (Phi) is 5.40. The molecule has 0 aliphatic heterocycles. The van der Waals surface area contributed by atoms with E-state index in [2.05, 4.69) is 20.8 Å². The van der Waals surface area contributed by atoms with Crippen LogP contribution in [0.4, 0.5) is 0 Å². The predicted octanol–water partition coefficient (Wildman–Crippen LogP) is 3.76. The molecule has 1 N–H and O–H groups in total. The first-order chi connectivity index (χ1) is 8.81. The average Bonchev–Trinajstić information content (AvgIpc) is 2.33. The second-order valence-electron chi connectivity index (χ2n) is 6.19. The molecule has 0 radical (unpaired) electrons. The fourth-order valence-electron chi connectivity index (χ4n) is 1.97. The molecule has 0 bridgehead atoms. The minimum atomic E-state index is -0.708. The van der Waals surface area contributed by atoms with Gasteiger partial charge in [0.2, 0.25) is 0 Å². The van der Waals surface area contributed by atoms with Gasteiger partial charge in [-0.25, -0.2) is 0 Å². The van der Waals surface area contributed by atoms with Gasteiger partial charge in [0.05, 0.1) is 13.0 Å². The Labute approximate surface area is 115 Å². The molecule has 0 heterocycles. The van der Waals surface area contributed by atoms with Crippen molar-refractivity contribution in [3.8, 4) is 5.75 Å². The van der Waals surface area contributed by atoms with Crippen LogP contribution in [-0.2, 0) is 11.2 Å². The van der Waals surface area contributed by atoms with Gasteiger partial charge in [-0.05, 0) is 42.4 Å². The van der Waals surface area contributed by atoms with Crippen molar-refractivity contribution in [1.82, 2.24) is 0 Å². The Morgan fingerprint density at radius 3 is 2.26 bits per heavy atom. The summed E-state index contributed by atoms with van der Waals surface area (Å²) in [5.74, 6) is -0.224. The molecule has 3 heteroatoms. The lowest BCUT2D eigenvalue weighted by atomic mass is 9.84. The SMILES string of the molecule is COc1ccc(CC(CCC(C)(C)C)C(=O)O)cc1. The highest BCUT2D eigenvalue weighted by Gasteiger charge is 2.21. The number of rotatable bonds is 6. The highest BCUT2D eigenvalue weighted by Crippen LogP contribution is 2.26. The van der Waals surface area contributed by atoms with Gasteiger partial charge in [-0.1, -0.05) is 32.9 Å². The molecular weight excluding hydrogens is 240 g/mol. The fourth-order valence-corrected chi connectivity index (χ4v) is 1.97. The first-order valence-electron chi connectivity index (χ1n) is 6.67. The highest BCUT2D eigenvalue weighted by atomic mass is 16.5. The number of hydrogen-bond acceptors (Lipinski definition) is 2. The summed E-state index contributed by atoms with van der Waals surface area (Å²) in [5, 5.41) is 9.31. The Morgan fingerprint density at radius 2 is 1.84 bits per heavy atom. The first kappa shape index (κ1) is 15.5. The van der Waals surface area contributed by atoms with Crippen LogP contribution in [0.2, 0.25) is 0 Å². The van der Waals surface area contributed by atoms with Crippen molar-refractivity contribution in [3.05, 3.63) is 29.8 Å². The van der Waals surface area contributed by atoms with Crippen LogP contribution in [0.15, 0.2) is 24.3 Å². The molecule has 0 aliphatic carbocycles. The Morgan fingerprint density at radius 1 is 1.26 bits per heavy atom. The minimum Gasteiger partial charge on any atom is -0.497 e. The standard InChI is InChI=1S/C16H24O3/c1-16(2,3)10-9-13(15(17)18)11-12-5-7-14(19-4)8-6-12/h5-8,13H,9-11H2,1-4H3,(H,17,18). The van der Waals surface area contributed by atoms with Crippen LogP contribution in [0.5, 0.6) is 5.75 Å². The molecule has 0 aliphatic rings. The summed E-state index contributed by atoms with van der Waals surface area (Å²) in [6.07, 6.45) is 2.21. The summed E-state index contributed by atoms with van der Waals surface area (Å²) in [4.78, 5) is 11.3. The lowest BCUT2D eigenvalue weighted by molar-refractivity contribution is -0.142. The van der Waals surface area contributed by atoms with Crippen LogP contribution in [0, 0.1) is 11.3 Å². The molecule has 0 amide bonds. The van der Waals surface area contributed by atoms with Gasteiger partial charge in [0.1, 0.15) is 5.75 Å². The first-order valence-corrected chi connectivity index (χ1v) is 6.67. The van der Waals surface area contributed by atoms with E-state index in [0.29, 0.717) is 12.8 Å². The monoisotopic (exact) mass is 264 g/mol. The van der Waals surface area contributed by atoms with Crippen molar-refractivity contribution in [3.63, 3.8) is 0 Å². The molecule has 1 aromatic carbocycles. The van der Waals surface area contributed by atoms with E-state index in [4.69, 9.17) is 4.74 Å². The van der Waals surface area contributed by atoms with Crippen LogP contribution in [0.25, 0.3) is 0 Å². The molecule has 1 aromatic rings. The number of methoxy groups -OCH3 is 1. The molecule has 1 rings (SSSR count). The Balaban J connectivity index is 2.64. The zero-order valence-electron chi connectivity index (χ0n) is 12.3. The van der Waals surface area contributed by atoms with Crippen LogP contribution >= 0.6 is 0 Å². The number of aliphatic carboxylic acids is 1. The number of carboxylic acid groups (broad SMARTS) is 1. The lowest BCUT2D eigenvalue weighted by Crippen LogP contribution is -2.19. The second kappa shape index (κ2) is 6.60. The summed E-state index contributed by atoms with van der Waals surface area (Å²) in [5.41, 5.74) is 1.22. The molecule has 3 nitrogen and oxygen atoms in total. The molecule has 19 heavy (non-hydrogen) atoms.